The highest BCUT2D eigenvalue weighted by molar-refractivity contribution is 5.82. The fourth-order valence-corrected chi connectivity index (χ4v) is 1.11. The van der Waals surface area contributed by atoms with Crippen LogP contribution in [0.5, 0.6) is 0 Å². The Morgan fingerprint density at radius 1 is 1.43 bits per heavy atom. The minimum atomic E-state index is -0.971. The average molecular weight is 202 g/mol. The van der Waals surface area contributed by atoms with Crippen LogP contribution in [-0.4, -0.2) is 41.6 Å². The van der Waals surface area contributed by atoms with Crippen LogP contribution < -0.4 is 5.32 Å². The van der Waals surface area contributed by atoms with Gasteiger partial charge in [0.15, 0.2) is 0 Å². The average Bonchev–Trinajstić information content (AvgIpc) is 2.14. The molecule has 5 nitrogen and oxygen atoms in total. The molecule has 14 heavy (non-hydrogen) atoms. The predicted molar refractivity (Wildman–Crippen MR) is 53.2 cm³/mol. The van der Waals surface area contributed by atoms with Gasteiger partial charge in [0, 0.05) is 13.6 Å². The van der Waals surface area contributed by atoms with Crippen molar-refractivity contribution >= 4 is 12.0 Å². The van der Waals surface area contributed by atoms with Crippen molar-refractivity contribution in [1.29, 1.82) is 0 Å². The molecular formula is C9H18N2O3. The number of carbonyl (C=O) groups excluding carboxylic acids is 1. The minimum Gasteiger partial charge on any atom is -0.480 e. The largest absolute Gasteiger partial charge is 0.480 e. The number of carbonyl (C=O) groups is 2. The predicted octanol–water partition coefficient (Wildman–Crippen LogP) is 0.901. The Morgan fingerprint density at radius 2 is 2.00 bits per heavy atom. The van der Waals surface area contributed by atoms with Crippen LogP contribution in [0.1, 0.15) is 26.7 Å². The number of nitrogens with zero attached hydrogens (tertiary/aromatic N) is 1. The van der Waals surface area contributed by atoms with Crippen molar-refractivity contribution in [3.8, 4) is 0 Å². The first-order valence-electron chi connectivity index (χ1n) is 4.78. The Hall–Kier alpha value is -1.26. The molecule has 82 valence electrons. The Balaban J connectivity index is 4.20. The second-order valence-electron chi connectivity index (χ2n) is 3.11. The lowest BCUT2D eigenvalue weighted by Crippen LogP contribution is -2.47. The van der Waals surface area contributed by atoms with Crippen molar-refractivity contribution < 1.29 is 14.7 Å². The molecule has 0 fully saturated rings. The van der Waals surface area contributed by atoms with E-state index in [4.69, 9.17) is 5.11 Å². The van der Waals surface area contributed by atoms with E-state index < -0.39 is 12.0 Å². The van der Waals surface area contributed by atoms with Gasteiger partial charge in [-0.15, -0.1) is 0 Å². The topological polar surface area (TPSA) is 69.6 Å². The molecule has 0 radical (unpaired) electrons. The maximum absolute atomic E-state index is 11.4. The smallest absolute Gasteiger partial charge is 0.326 e. The van der Waals surface area contributed by atoms with Crippen LogP contribution in [0.25, 0.3) is 0 Å². The number of nitrogens with one attached hydrogen (secondary N) is 1. The van der Waals surface area contributed by atoms with Crippen molar-refractivity contribution in [3.05, 3.63) is 0 Å². The van der Waals surface area contributed by atoms with Crippen molar-refractivity contribution in [1.82, 2.24) is 10.2 Å². The van der Waals surface area contributed by atoms with Crippen LogP contribution in [0.4, 0.5) is 4.79 Å². The van der Waals surface area contributed by atoms with Gasteiger partial charge in [0.05, 0.1) is 0 Å². The highest BCUT2D eigenvalue weighted by Gasteiger charge is 2.23. The number of carboxylic acid groups (broad SMARTS) is 1. The monoisotopic (exact) mass is 202 g/mol. The summed E-state index contributed by atoms with van der Waals surface area (Å²) in [5.41, 5.74) is 0. The summed E-state index contributed by atoms with van der Waals surface area (Å²) in [4.78, 5) is 23.3. The third kappa shape index (κ3) is 3.64. The maximum atomic E-state index is 11.4. The van der Waals surface area contributed by atoms with Gasteiger partial charge >= 0.3 is 12.0 Å². The molecule has 1 unspecified atom stereocenters. The fraction of sp³-hybridized carbons (Fsp3) is 0.778. The van der Waals surface area contributed by atoms with Gasteiger partial charge in [0.25, 0.3) is 0 Å². The zero-order valence-electron chi connectivity index (χ0n) is 8.91. The molecule has 5 heteroatoms. The minimum absolute atomic E-state index is 0.332. The molecule has 2 amide bonds. The van der Waals surface area contributed by atoms with E-state index in [9.17, 15) is 9.59 Å². The summed E-state index contributed by atoms with van der Waals surface area (Å²) < 4.78 is 0. The number of aliphatic carboxylic acids is 1. The maximum Gasteiger partial charge on any atom is 0.326 e. The van der Waals surface area contributed by atoms with Crippen LogP contribution in [0.2, 0.25) is 0 Å². The van der Waals surface area contributed by atoms with Gasteiger partial charge in [0.1, 0.15) is 6.04 Å². The summed E-state index contributed by atoms with van der Waals surface area (Å²) in [6.45, 7) is 4.25. The van der Waals surface area contributed by atoms with Gasteiger partial charge in [0.2, 0.25) is 0 Å². The van der Waals surface area contributed by atoms with E-state index >= 15 is 0 Å². The van der Waals surface area contributed by atoms with Gasteiger partial charge in [-0.3, -0.25) is 0 Å². The number of likely N-dealkylation sites (N-methyl/N-ethyl adjacent to an activating group) is 1. The molecule has 0 spiro atoms. The zero-order chi connectivity index (χ0) is 11.1. The van der Waals surface area contributed by atoms with E-state index in [0.717, 1.165) is 6.42 Å². The lowest BCUT2D eigenvalue weighted by molar-refractivity contribution is -0.141. The van der Waals surface area contributed by atoms with Gasteiger partial charge < -0.3 is 15.3 Å². The molecule has 0 bridgehead atoms. The first kappa shape index (κ1) is 12.7. The molecule has 0 rings (SSSR count). The summed E-state index contributed by atoms with van der Waals surface area (Å²) in [6, 6.07) is -1.08. The molecule has 0 aliphatic rings. The van der Waals surface area contributed by atoms with E-state index in [1.807, 2.05) is 6.92 Å². The summed E-state index contributed by atoms with van der Waals surface area (Å²) in [5.74, 6) is -0.971. The lowest BCUT2D eigenvalue weighted by Gasteiger charge is -2.23. The molecule has 2 N–H and O–H groups in total. The molecule has 0 saturated heterocycles. The Kier molecular flexibility index (Phi) is 5.67. The van der Waals surface area contributed by atoms with Crippen molar-refractivity contribution in [2.75, 3.05) is 13.6 Å². The summed E-state index contributed by atoms with van der Waals surface area (Å²) in [7, 11) is 1.49. The second kappa shape index (κ2) is 6.23. The first-order chi connectivity index (χ1) is 6.54. The number of amides is 2. The number of rotatable bonds is 5. The summed E-state index contributed by atoms with van der Waals surface area (Å²) >= 11 is 0. The van der Waals surface area contributed by atoms with Gasteiger partial charge in [-0.2, -0.15) is 0 Å². The number of carboxylic acids is 1. The summed E-state index contributed by atoms with van der Waals surface area (Å²) in [5, 5.41) is 11.4. The lowest BCUT2D eigenvalue weighted by atomic mass is 10.2. The third-order valence-electron chi connectivity index (χ3n) is 1.99. The molecule has 0 aliphatic heterocycles. The standard InChI is InChI=1S/C9H18N2O3/c1-4-6-10-9(14)11(3)7(5-2)8(12)13/h7H,4-6H2,1-3H3,(H,10,14)(H,12,13). The molecular weight excluding hydrogens is 184 g/mol. The Morgan fingerprint density at radius 3 is 2.36 bits per heavy atom. The van der Waals surface area contributed by atoms with Gasteiger partial charge in [-0.1, -0.05) is 13.8 Å². The van der Waals surface area contributed by atoms with E-state index in [1.54, 1.807) is 6.92 Å². The molecule has 0 saturated carbocycles. The van der Waals surface area contributed by atoms with E-state index in [-0.39, 0.29) is 6.03 Å². The van der Waals surface area contributed by atoms with Crippen LogP contribution in [0.15, 0.2) is 0 Å². The number of hydrogen-bond donors (Lipinski definition) is 2. The van der Waals surface area contributed by atoms with Gasteiger partial charge in [-0.25, -0.2) is 9.59 Å². The van der Waals surface area contributed by atoms with Crippen molar-refractivity contribution in [3.63, 3.8) is 0 Å². The van der Waals surface area contributed by atoms with E-state index in [1.165, 1.54) is 11.9 Å². The molecule has 0 aromatic carbocycles. The molecule has 1 atom stereocenters. The quantitative estimate of drug-likeness (QED) is 0.696. The molecule has 0 heterocycles. The fourth-order valence-electron chi connectivity index (χ4n) is 1.11. The second-order valence-corrected chi connectivity index (χ2v) is 3.11. The SMILES string of the molecule is CCCNC(=O)N(C)C(CC)C(=O)O. The van der Waals surface area contributed by atoms with Crippen molar-refractivity contribution in [2.24, 2.45) is 0 Å². The zero-order valence-corrected chi connectivity index (χ0v) is 8.91. The van der Waals surface area contributed by atoms with E-state index in [2.05, 4.69) is 5.32 Å². The summed E-state index contributed by atoms with van der Waals surface area (Å²) in [6.07, 6.45) is 1.24. The van der Waals surface area contributed by atoms with Crippen molar-refractivity contribution in [2.45, 2.75) is 32.7 Å². The van der Waals surface area contributed by atoms with Crippen LogP contribution in [0, 0.1) is 0 Å². The molecule has 0 aromatic heterocycles. The highest BCUT2D eigenvalue weighted by atomic mass is 16.4. The number of hydrogen-bond acceptors (Lipinski definition) is 2. The molecule has 0 aliphatic carbocycles. The van der Waals surface area contributed by atoms with Crippen LogP contribution in [-0.2, 0) is 4.79 Å². The van der Waals surface area contributed by atoms with E-state index in [0.29, 0.717) is 13.0 Å². The van der Waals surface area contributed by atoms with Crippen LogP contribution in [0.3, 0.4) is 0 Å². The Labute approximate surface area is 84.1 Å². The Bertz CT molecular complexity index is 206. The third-order valence-corrected chi connectivity index (χ3v) is 1.99. The first-order valence-corrected chi connectivity index (χ1v) is 4.78. The number of urea groups is 1. The van der Waals surface area contributed by atoms with Crippen LogP contribution >= 0.6 is 0 Å². The normalized spacial score (nSPS) is 11.9. The molecule has 0 aromatic rings. The highest BCUT2D eigenvalue weighted by Crippen LogP contribution is 2.01. The van der Waals surface area contributed by atoms with Gasteiger partial charge in [-0.05, 0) is 12.8 Å².